The minimum atomic E-state index is -0.839. The Morgan fingerprint density at radius 3 is 2.50 bits per heavy atom. The topological polar surface area (TPSA) is 90.0 Å². The summed E-state index contributed by atoms with van der Waals surface area (Å²) in [6, 6.07) is 19.4. The first-order valence-electron chi connectivity index (χ1n) is 9.49. The third-order valence-corrected chi connectivity index (χ3v) is 5.51. The van der Waals surface area contributed by atoms with Gasteiger partial charge in [-0.1, -0.05) is 60.7 Å². The number of nitrogens with zero attached hydrogens (tertiary/aromatic N) is 1. The van der Waals surface area contributed by atoms with Gasteiger partial charge in [0.15, 0.2) is 0 Å². The molecule has 1 amide bonds. The van der Waals surface area contributed by atoms with Gasteiger partial charge in [0.25, 0.3) is 5.91 Å². The van der Waals surface area contributed by atoms with Crippen molar-refractivity contribution in [1.29, 1.82) is 0 Å². The van der Waals surface area contributed by atoms with Crippen molar-refractivity contribution in [2.24, 2.45) is 0 Å². The molecule has 2 aromatic carbocycles. The van der Waals surface area contributed by atoms with Gasteiger partial charge in [-0.2, -0.15) is 5.10 Å². The van der Waals surface area contributed by atoms with Crippen molar-refractivity contribution in [3.05, 3.63) is 77.5 Å². The largest absolute Gasteiger partial charge is 0.389 e. The molecule has 28 heavy (non-hydrogen) atoms. The Labute approximate surface area is 164 Å². The van der Waals surface area contributed by atoms with Gasteiger partial charge < -0.3 is 15.7 Å². The van der Waals surface area contributed by atoms with E-state index in [1.165, 1.54) is 0 Å². The number of piperidine rings is 1. The number of hydrogen-bond donors (Lipinski definition) is 4. The summed E-state index contributed by atoms with van der Waals surface area (Å²) >= 11 is 0. The van der Waals surface area contributed by atoms with Gasteiger partial charge >= 0.3 is 0 Å². The number of benzene rings is 2. The summed E-state index contributed by atoms with van der Waals surface area (Å²) in [6.07, 6.45) is -0.132. The van der Waals surface area contributed by atoms with E-state index in [1.807, 2.05) is 67.6 Å². The number of nitrogens with one attached hydrogen (secondary N) is 3. The predicted molar refractivity (Wildman–Crippen MR) is 108 cm³/mol. The zero-order valence-electron chi connectivity index (χ0n) is 15.8. The van der Waals surface area contributed by atoms with Crippen molar-refractivity contribution in [3.8, 4) is 11.3 Å². The number of aliphatic hydroxyl groups is 1. The van der Waals surface area contributed by atoms with Crippen LogP contribution in [-0.4, -0.2) is 40.4 Å². The molecular formula is C22H24N4O2. The normalized spacial score (nSPS) is 22.0. The van der Waals surface area contributed by atoms with E-state index in [4.69, 9.17) is 0 Å². The average Bonchev–Trinajstić information content (AvgIpc) is 3.12. The number of aromatic nitrogens is 2. The van der Waals surface area contributed by atoms with Gasteiger partial charge in [-0.05, 0) is 25.5 Å². The molecule has 0 aliphatic carbocycles. The molecule has 1 saturated heterocycles. The molecule has 0 unspecified atom stereocenters. The highest BCUT2D eigenvalue weighted by molar-refractivity contribution is 5.96. The van der Waals surface area contributed by atoms with Crippen LogP contribution in [0.5, 0.6) is 0 Å². The Hall–Kier alpha value is -2.96. The fourth-order valence-electron chi connectivity index (χ4n) is 3.92. The lowest BCUT2D eigenvalue weighted by Crippen LogP contribution is -2.61. The maximum Gasteiger partial charge on any atom is 0.270 e. The number of aliphatic hydroxyl groups excluding tert-OH is 1. The molecule has 1 fully saturated rings. The summed E-state index contributed by atoms with van der Waals surface area (Å²) in [7, 11) is 0. The van der Waals surface area contributed by atoms with Crippen molar-refractivity contribution in [1.82, 2.24) is 20.8 Å². The van der Waals surface area contributed by atoms with Crippen molar-refractivity contribution in [2.75, 3.05) is 13.1 Å². The molecule has 4 rings (SSSR count). The monoisotopic (exact) mass is 376 g/mol. The SMILES string of the molecule is Cc1c(-c2ccccc2)n[nH]c1C(=O)N[C@@]1(c2ccccc2)CCNC[C@H]1O. The quantitative estimate of drug-likeness (QED) is 0.563. The number of aromatic amines is 1. The van der Waals surface area contributed by atoms with Crippen LogP contribution in [-0.2, 0) is 5.54 Å². The van der Waals surface area contributed by atoms with Gasteiger partial charge in [-0.15, -0.1) is 0 Å². The molecule has 2 heterocycles. The Morgan fingerprint density at radius 1 is 1.14 bits per heavy atom. The van der Waals surface area contributed by atoms with Gasteiger partial charge in [0, 0.05) is 17.7 Å². The summed E-state index contributed by atoms with van der Waals surface area (Å²) in [4.78, 5) is 13.2. The first-order chi connectivity index (χ1) is 13.6. The van der Waals surface area contributed by atoms with Crippen LogP contribution in [0, 0.1) is 6.92 Å². The second-order valence-electron chi connectivity index (χ2n) is 7.20. The summed E-state index contributed by atoms with van der Waals surface area (Å²) in [6.45, 7) is 3.02. The van der Waals surface area contributed by atoms with Crippen LogP contribution in [0.1, 0.15) is 28.0 Å². The predicted octanol–water partition coefficient (Wildman–Crippen LogP) is 2.36. The minimum Gasteiger partial charge on any atom is -0.389 e. The first-order valence-corrected chi connectivity index (χ1v) is 9.49. The molecular weight excluding hydrogens is 352 g/mol. The van der Waals surface area contributed by atoms with Gasteiger partial charge in [-0.25, -0.2) is 0 Å². The maximum atomic E-state index is 13.2. The summed E-state index contributed by atoms with van der Waals surface area (Å²) in [5.74, 6) is -0.267. The third-order valence-electron chi connectivity index (χ3n) is 5.51. The zero-order valence-corrected chi connectivity index (χ0v) is 15.8. The van der Waals surface area contributed by atoms with E-state index < -0.39 is 11.6 Å². The number of carbonyl (C=O) groups excluding carboxylic acids is 1. The summed E-state index contributed by atoms with van der Waals surface area (Å²) < 4.78 is 0. The number of hydrogen-bond acceptors (Lipinski definition) is 4. The molecule has 3 aromatic rings. The van der Waals surface area contributed by atoms with Crippen LogP contribution in [0.25, 0.3) is 11.3 Å². The number of carbonyl (C=O) groups is 1. The fraction of sp³-hybridized carbons (Fsp3) is 0.273. The van der Waals surface area contributed by atoms with E-state index in [2.05, 4.69) is 20.8 Å². The Bertz CT molecular complexity index is 955. The smallest absolute Gasteiger partial charge is 0.270 e. The van der Waals surface area contributed by atoms with Gasteiger partial charge in [0.05, 0.1) is 17.3 Å². The van der Waals surface area contributed by atoms with Crippen LogP contribution >= 0.6 is 0 Å². The van der Waals surface area contributed by atoms with Crippen molar-refractivity contribution < 1.29 is 9.90 Å². The maximum absolute atomic E-state index is 13.2. The molecule has 1 aliphatic heterocycles. The van der Waals surface area contributed by atoms with E-state index >= 15 is 0 Å². The molecule has 2 atom stereocenters. The van der Waals surface area contributed by atoms with Gasteiger partial charge in [0.1, 0.15) is 5.69 Å². The molecule has 0 radical (unpaired) electrons. The van der Waals surface area contributed by atoms with E-state index in [-0.39, 0.29) is 5.91 Å². The van der Waals surface area contributed by atoms with Crippen LogP contribution < -0.4 is 10.6 Å². The molecule has 144 valence electrons. The lowest BCUT2D eigenvalue weighted by atomic mass is 9.79. The minimum absolute atomic E-state index is 0.267. The molecule has 1 aromatic heterocycles. The second-order valence-corrected chi connectivity index (χ2v) is 7.20. The average molecular weight is 376 g/mol. The molecule has 4 N–H and O–H groups in total. The van der Waals surface area contributed by atoms with E-state index in [0.29, 0.717) is 25.2 Å². The second kappa shape index (κ2) is 7.58. The number of amides is 1. The molecule has 0 bridgehead atoms. The molecule has 6 heteroatoms. The summed E-state index contributed by atoms with van der Waals surface area (Å²) in [5, 5.41) is 24.4. The molecule has 0 saturated carbocycles. The first kappa shape index (κ1) is 18.4. The fourth-order valence-corrected chi connectivity index (χ4v) is 3.92. The standard InChI is InChI=1S/C22H24N4O2/c1-15-19(16-8-4-2-5-9-16)25-26-20(15)21(28)24-22(12-13-23-14-18(22)27)17-10-6-3-7-11-17/h2-11,18,23,27H,12-14H2,1H3,(H,24,28)(H,25,26)/t18-,22-/m1/s1. The van der Waals surface area contributed by atoms with Crippen LogP contribution in [0.2, 0.25) is 0 Å². The zero-order chi connectivity index (χ0) is 19.6. The molecule has 1 aliphatic rings. The third kappa shape index (κ3) is 3.21. The highest BCUT2D eigenvalue weighted by atomic mass is 16.3. The highest BCUT2D eigenvalue weighted by Gasteiger charge is 2.43. The van der Waals surface area contributed by atoms with Gasteiger partial charge in [-0.3, -0.25) is 9.89 Å². The highest BCUT2D eigenvalue weighted by Crippen LogP contribution is 2.32. The molecule has 6 nitrogen and oxygen atoms in total. The molecule has 0 spiro atoms. The van der Waals surface area contributed by atoms with Crippen molar-refractivity contribution >= 4 is 5.91 Å². The number of H-pyrrole nitrogens is 1. The Balaban J connectivity index is 1.67. The van der Waals surface area contributed by atoms with Crippen molar-refractivity contribution in [2.45, 2.75) is 25.0 Å². The lowest BCUT2D eigenvalue weighted by molar-refractivity contribution is 0.0287. The van der Waals surface area contributed by atoms with E-state index in [1.54, 1.807) is 0 Å². The van der Waals surface area contributed by atoms with Gasteiger partial charge in [0.2, 0.25) is 0 Å². The van der Waals surface area contributed by atoms with E-state index in [0.717, 1.165) is 22.4 Å². The van der Waals surface area contributed by atoms with Crippen molar-refractivity contribution in [3.63, 3.8) is 0 Å². The Kier molecular flexibility index (Phi) is 4.98. The Morgan fingerprint density at radius 2 is 1.82 bits per heavy atom. The van der Waals surface area contributed by atoms with Crippen LogP contribution in [0.3, 0.4) is 0 Å². The number of rotatable bonds is 4. The number of β-amino-alcohol motifs (C(OH)–C–C–N with tert-alkyl or cyclic N) is 1. The summed E-state index contributed by atoms with van der Waals surface area (Å²) in [5.41, 5.74) is 2.97. The van der Waals surface area contributed by atoms with Crippen LogP contribution in [0.4, 0.5) is 0 Å². The van der Waals surface area contributed by atoms with Crippen LogP contribution in [0.15, 0.2) is 60.7 Å². The van der Waals surface area contributed by atoms with E-state index in [9.17, 15) is 9.90 Å². The lowest BCUT2D eigenvalue weighted by Gasteiger charge is -2.42.